The van der Waals surface area contributed by atoms with Gasteiger partial charge in [0.25, 0.3) is 0 Å². The highest BCUT2D eigenvalue weighted by Crippen LogP contribution is 2.35. The fourth-order valence-corrected chi connectivity index (χ4v) is 2.13. The Balaban J connectivity index is 2.42. The molecule has 0 aliphatic carbocycles. The number of hydrogen-bond donors (Lipinski definition) is 2. The molecule has 1 fully saturated rings. The van der Waals surface area contributed by atoms with E-state index in [1.165, 1.54) is 0 Å². The minimum Gasteiger partial charge on any atom is -0.314 e. The van der Waals surface area contributed by atoms with Crippen LogP contribution in [0.2, 0.25) is 5.02 Å². The van der Waals surface area contributed by atoms with Gasteiger partial charge in [-0.1, -0.05) is 11.6 Å². The molecule has 2 rings (SSSR count). The molecule has 100 valence electrons. The van der Waals surface area contributed by atoms with Crippen molar-refractivity contribution in [2.24, 2.45) is 0 Å². The average molecular weight is 283 g/mol. The van der Waals surface area contributed by atoms with E-state index in [0.29, 0.717) is 25.7 Å². The molecule has 7 heteroatoms. The van der Waals surface area contributed by atoms with E-state index in [1.54, 1.807) is 0 Å². The fraction of sp³-hybridized carbons (Fsp3) is 0.455. The molecule has 2 N–H and O–H groups in total. The van der Waals surface area contributed by atoms with Crippen molar-refractivity contribution in [2.45, 2.75) is 12.2 Å². The summed E-state index contributed by atoms with van der Waals surface area (Å²) in [7, 11) is 0. The van der Waals surface area contributed by atoms with Gasteiger partial charge >= 0.3 is 6.18 Å². The zero-order chi connectivity index (χ0) is 13.3. The van der Waals surface area contributed by atoms with E-state index in [-0.39, 0.29) is 5.56 Å². The van der Waals surface area contributed by atoms with E-state index in [2.05, 4.69) is 10.6 Å². The molecule has 0 aromatic heterocycles. The predicted octanol–water partition coefficient (Wildman–Crippen LogP) is 2.73. The van der Waals surface area contributed by atoms with Crippen LogP contribution in [-0.2, 0) is 6.18 Å². The molecule has 1 atom stereocenters. The van der Waals surface area contributed by atoms with Gasteiger partial charge in [-0.3, -0.25) is 0 Å². The third-order valence-electron chi connectivity index (χ3n) is 2.80. The molecule has 0 radical (unpaired) electrons. The van der Waals surface area contributed by atoms with Crippen LogP contribution in [0.4, 0.5) is 17.6 Å². The van der Waals surface area contributed by atoms with Gasteiger partial charge in [0.2, 0.25) is 0 Å². The van der Waals surface area contributed by atoms with Gasteiger partial charge in [0.05, 0.1) is 10.6 Å². The maximum atomic E-state index is 13.8. The standard InChI is InChI=1S/C11H11ClF4N2/c12-8-4-6(11(14,15)16)3-7(10(8)13)9-5-17-1-2-18-9/h3-4,9,17-18H,1-2,5H2/t9-/m1/s1. The van der Waals surface area contributed by atoms with Crippen molar-refractivity contribution < 1.29 is 17.6 Å². The van der Waals surface area contributed by atoms with Gasteiger partial charge < -0.3 is 10.6 Å². The number of nitrogens with one attached hydrogen (secondary N) is 2. The van der Waals surface area contributed by atoms with Gasteiger partial charge in [-0.25, -0.2) is 4.39 Å². The zero-order valence-electron chi connectivity index (χ0n) is 9.24. The number of piperazine rings is 1. The first-order valence-corrected chi connectivity index (χ1v) is 5.77. The second kappa shape index (κ2) is 5.03. The molecule has 2 nitrogen and oxygen atoms in total. The molecule has 1 aromatic rings. The lowest BCUT2D eigenvalue weighted by atomic mass is 10.0. The summed E-state index contributed by atoms with van der Waals surface area (Å²) in [6.45, 7) is 1.64. The SMILES string of the molecule is Fc1c(Cl)cc(C(F)(F)F)cc1[C@H]1CNCCN1. The van der Waals surface area contributed by atoms with Crippen LogP contribution < -0.4 is 10.6 Å². The number of rotatable bonds is 1. The molecule has 0 saturated carbocycles. The maximum Gasteiger partial charge on any atom is 0.416 e. The number of alkyl halides is 3. The summed E-state index contributed by atoms with van der Waals surface area (Å²) in [5, 5.41) is 5.43. The van der Waals surface area contributed by atoms with E-state index in [1.807, 2.05) is 0 Å². The molecule has 0 spiro atoms. The third-order valence-corrected chi connectivity index (χ3v) is 3.08. The zero-order valence-corrected chi connectivity index (χ0v) is 10.00. The first-order valence-electron chi connectivity index (χ1n) is 5.40. The Morgan fingerprint density at radius 2 is 1.94 bits per heavy atom. The third kappa shape index (κ3) is 2.76. The molecule has 1 heterocycles. The van der Waals surface area contributed by atoms with Gasteiger partial charge in [0, 0.05) is 31.2 Å². The van der Waals surface area contributed by atoms with E-state index in [4.69, 9.17) is 11.6 Å². The van der Waals surface area contributed by atoms with Crippen LogP contribution in [0.3, 0.4) is 0 Å². The highest BCUT2D eigenvalue weighted by Gasteiger charge is 2.33. The van der Waals surface area contributed by atoms with E-state index in [9.17, 15) is 17.6 Å². The number of halogens is 5. The van der Waals surface area contributed by atoms with Gasteiger partial charge in [0.1, 0.15) is 5.82 Å². The summed E-state index contributed by atoms with van der Waals surface area (Å²) in [6, 6.07) is 0.918. The molecule has 18 heavy (non-hydrogen) atoms. The molecule has 1 aliphatic rings. The molecule has 1 aromatic carbocycles. The van der Waals surface area contributed by atoms with E-state index < -0.39 is 28.6 Å². The van der Waals surface area contributed by atoms with Crippen molar-refractivity contribution in [2.75, 3.05) is 19.6 Å². The lowest BCUT2D eigenvalue weighted by Gasteiger charge is -2.26. The van der Waals surface area contributed by atoms with Gasteiger partial charge in [0.15, 0.2) is 0 Å². The topological polar surface area (TPSA) is 24.1 Å². The van der Waals surface area contributed by atoms with Crippen LogP contribution in [0.1, 0.15) is 17.2 Å². The summed E-state index contributed by atoms with van der Waals surface area (Å²) < 4.78 is 51.7. The van der Waals surface area contributed by atoms with Crippen molar-refractivity contribution in [1.82, 2.24) is 10.6 Å². The van der Waals surface area contributed by atoms with Crippen molar-refractivity contribution in [3.8, 4) is 0 Å². The normalized spacial score (nSPS) is 21.1. The van der Waals surface area contributed by atoms with Crippen LogP contribution in [0, 0.1) is 5.82 Å². The number of benzene rings is 1. The van der Waals surface area contributed by atoms with Crippen LogP contribution in [0.5, 0.6) is 0 Å². The summed E-state index contributed by atoms with van der Waals surface area (Å²) in [6.07, 6.45) is -4.53. The van der Waals surface area contributed by atoms with Gasteiger partial charge in [-0.15, -0.1) is 0 Å². The number of hydrogen-bond acceptors (Lipinski definition) is 2. The molecule has 0 amide bonds. The quantitative estimate of drug-likeness (QED) is 0.774. The summed E-state index contributed by atoms with van der Waals surface area (Å²) in [5.41, 5.74) is -0.988. The molecule has 1 aliphatic heterocycles. The molecule has 0 bridgehead atoms. The average Bonchev–Trinajstić information content (AvgIpc) is 2.32. The van der Waals surface area contributed by atoms with Crippen LogP contribution in [0.15, 0.2) is 12.1 Å². The van der Waals surface area contributed by atoms with Crippen LogP contribution in [0.25, 0.3) is 0 Å². The highest BCUT2D eigenvalue weighted by molar-refractivity contribution is 6.30. The van der Waals surface area contributed by atoms with Gasteiger partial charge in [-0.2, -0.15) is 13.2 Å². The first-order chi connectivity index (χ1) is 8.39. The molecule has 0 unspecified atom stereocenters. The van der Waals surface area contributed by atoms with Gasteiger partial charge in [-0.05, 0) is 12.1 Å². The van der Waals surface area contributed by atoms with Crippen molar-refractivity contribution in [3.63, 3.8) is 0 Å². The van der Waals surface area contributed by atoms with Crippen LogP contribution >= 0.6 is 11.6 Å². The van der Waals surface area contributed by atoms with E-state index in [0.717, 1.165) is 6.07 Å². The Morgan fingerprint density at radius 1 is 1.22 bits per heavy atom. The summed E-state index contributed by atoms with van der Waals surface area (Å²) >= 11 is 5.52. The molecular formula is C11H11ClF4N2. The predicted molar refractivity (Wildman–Crippen MR) is 60.0 cm³/mol. The second-order valence-corrected chi connectivity index (χ2v) is 4.48. The lowest BCUT2D eigenvalue weighted by Crippen LogP contribution is -2.43. The Kier molecular flexibility index (Phi) is 3.79. The maximum absolute atomic E-state index is 13.8. The Labute approximate surface area is 106 Å². The smallest absolute Gasteiger partial charge is 0.314 e. The monoisotopic (exact) mass is 282 g/mol. The van der Waals surface area contributed by atoms with Crippen molar-refractivity contribution in [3.05, 3.63) is 34.1 Å². The van der Waals surface area contributed by atoms with E-state index >= 15 is 0 Å². The Bertz CT molecular complexity index is 441. The van der Waals surface area contributed by atoms with Crippen molar-refractivity contribution >= 4 is 11.6 Å². The Morgan fingerprint density at radius 3 is 2.50 bits per heavy atom. The Hall–Kier alpha value is -0.850. The first kappa shape index (κ1) is 13.6. The summed E-state index contributed by atoms with van der Waals surface area (Å²) in [5.74, 6) is -0.800. The minimum atomic E-state index is -4.53. The van der Waals surface area contributed by atoms with Crippen LogP contribution in [-0.4, -0.2) is 19.6 Å². The highest BCUT2D eigenvalue weighted by atomic mass is 35.5. The lowest BCUT2D eigenvalue weighted by molar-refractivity contribution is -0.137. The molecule has 1 saturated heterocycles. The largest absolute Gasteiger partial charge is 0.416 e. The minimum absolute atomic E-state index is 0.0537. The van der Waals surface area contributed by atoms with Crippen molar-refractivity contribution in [1.29, 1.82) is 0 Å². The summed E-state index contributed by atoms with van der Waals surface area (Å²) in [4.78, 5) is 0. The molecular weight excluding hydrogens is 272 g/mol. The fourth-order valence-electron chi connectivity index (χ4n) is 1.90. The second-order valence-electron chi connectivity index (χ2n) is 4.07.